The summed E-state index contributed by atoms with van der Waals surface area (Å²) in [6, 6.07) is 5.49. The topological polar surface area (TPSA) is 109 Å². The van der Waals surface area contributed by atoms with E-state index in [-0.39, 0.29) is 27.8 Å². The van der Waals surface area contributed by atoms with Crippen molar-refractivity contribution in [2.75, 3.05) is 0 Å². The van der Waals surface area contributed by atoms with Gasteiger partial charge in [0.25, 0.3) is 10.1 Å². The van der Waals surface area contributed by atoms with Crippen molar-refractivity contribution in [3.05, 3.63) is 57.6 Å². The lowest BCUT2D eigenvalue weighted by Crippen LogP contribution is -2.23. The summed E-state index contributed by atoms with van der Waals surface area (Å²) in [4.78, 5) is 24.7. The molecule has 1 aliphatic carbocycles. The fourth-order valence-electron chi connectivity index (χ4n) is 2.84. The van der Waals surface area contributed by atoms with Crippen molar-refractivity contribution >= 4 is 21.7 Å². The minimum Gasteiger partial charge on any atom is -0.507 e. The molecule has 1 aliphatic rings. The van der Waals surface area contributed by atoms with Gasteiger partial charge in [-0.1, -0.05) is 17.7 Å². The minimum atomic E-state index is -4.64. The summed E-state index contributed by atoms with van der Waals surface area (Å²) in [5.41, 5.74) is 0.584. The van der Waals surface area contributed by atoms with E-state index >= 15 is 0 Å². The van der Waals surface area contributed by atoms with Gasteiger partial charge < -0.3 is 5.11 Å². The van der Waals surface area contributed by atoms with Gasteiger partial charge in [0, 0.05) is 22.8 Å². The van der Waals surface area contributed by atoms with Crippen molar-refractivity contribution < 1.29 is 27.7 Å². The first-order chi connectivity index (χ1) is 10.6. The predicted molar refractivity (Wildman–Crippen MR) is 80.7 cm³/mol. The molecule has 0 atom stereocenters. The van der Waals surface area contributed by atoms with E-state index in [1.165, 1.54) is 13.0 Å². The Morgan fingerprint density at radius 1 is 0.913 bits per heavy atom. The van der Waals surface area contributed by atoms with Gasteiger partial charge in [-0.25, -0.2) is 0 Å². The molecule has 0 spiro atoms. The lowest BCUT2D eigenvalue weighted by atomic mass is 9.81. The quantitative estimate of drug-likeness (QED) is 0.660. The molecule has 0 heterocycles. The lowest BCUT2D eigenvalue weighted by molar-refractivity contribution is 0.0975. The normalized spacial score (nSPS) is 13.7. The standard InChI is InChI=1S/C16H12O6S/c1-7-3-4-9-10(5-7)16(19)14-11(17)6-12(23(20,21)22)8(2)13(14)15(9)18/h3-6,17H,1-2H3,(H,20,21,22). The fourth-order valence-corrected chi connectivity index (χ4v) is 3.59. The van der Waals surface area contributed by atoms with Crippen LogP contribution in [0.1, 0.15) is 43.0 Å². The van der Waals surface area contributed by atoms with E-state index in [4.69, 9.17) is 0 Å². The Balaban J connectivity index is 2.42. The van der Waals surface area contributed by atoms with Gasteiger partial charge in [0.1, 0.15) is 10.6 Å². The maximum Gasteiger partial charge on any atom is 0.294 e. The van der Waals surface area contributed by atoms with Crippen LogP contribution in [0.4, 0.5) is 0 Å². The molecule has 0 aromatic heterocycles. The smallest absolute Gasteiger partial charge is 0.294 e. The largest absolute Gasteiger partial charge is 0.507 e. The molecular formula is C16H12O6S. The zero-order valence-electron chi connectivity index (χ0n) is 12.2. The minimum absolute atomic E-state index is 0.0649. The molecule has 3 rings (SSSR count). The van der Waals surface area contributed by atoms with E-state index in [0.717, 1.165) is 11.6 Å². The maximum absolute atomic E-state index is 12.7. The zero-order valence-corrected chi connectivity index (χ0v) is 13.1. The number of phenols is 1. The molecule has 0 unspecified atom stereocenters. The van der Waals surface area contributed by atoms with Crippen LogP contribution in [0.3, 0.4) is 0 Å². The molecule has 0 saturated heterocycles. The molecule has 2 N–H and O–H groups in total. The van der Waals surface area contributed by atoms with E-state index in [1.54, 1.807) is 19.1 Å². The Labute approximate surface area is 132 Å². The van der Waals surface area contributed by atoms with Crippen LogP contribution in [0.25, 0.3) is 0 Å². The first kappa shape index (κ1) is 15.4. The average Bonchev–Trinajstić information content (AvgIpc) is 2.45. The van der Waals surface area contributed by atoms with Crippen molar-refractivity contribution in [2.24, 2.45) is 0 Å². The molecule has 2 aromatic rings. The van der Waals surface area contributed by atoms with E-state index in [2.05, 4.69) is 0 Å². The predicted octanol–water partition coefficient (Wildman–Crippen LogP) is 2.03. The lowest BCUT2D eigenvalue weighted by Gasteiger charge is -2.21. The second-order valence-corrected chi connectivity index (χ2v) is 6.84. The van der Waals surface area contributed by atoms with Crippen LogP contribution in [0, 0.1) is 13.8 Å². The first-order valence-electron chi connectivity index (χ1n) is 6.67. The summed E-state index contributed by atoms with van der Waals surface area (Å²) in [7, 11) is -4.64. The van der Waals surface area contributed by atoms with Crippen molar-refractivity contribution in [1.82, 2.24) is 0 Å². The van der Waals surface area contributed by atoms with Gasteiger partial charge in [-0.05, 0) is 25.5 Å². The number of aromatic hydroxyl groups is 1. The molecule has 118 valence electrons. The number of carbonyl (C=O) groups is 2. The second kappa shape index (κ2) is 4.74. The van der Waals surface area contributed by atoms with Gasteiger partial charge in [0.2, 0.25) is 0 Å². The number of carbonyl (C=O) groups excluding carboxylic acids is 2. The third-order valence-corrected chi connectivity index (χ3v) is 4.89. The summed E-state index contributed by atoms with van der Waals surface area (Å²) in [5, 5.41) is 10.1. The Hall–Kier alpha value is -2.51. The van der Waals surface area contributed by atoms with E-state index in [0.29, 0.717) is 0 Å². The number of rotatable bonds is 1. The number of benzene rings is 2. The molecular weight excluding hydrogens is 320 g/mol. The highest BCUT2D eigenvalue weighted by atomic mass is 32.2. The van der Waals surface area contributed by atoms with E-state index in [9.17, 15) is 27.7 Å². The SMILES string of the molecule is Cc1ccc2c(c1)C(=O)c1c(O)cc(S(=O)(=O)O)c(C)c1C2=O. The molecule has 2 aromatic carbocycles. The van der Waals surface area contributed by atoms with Gasteiger partial charge in [-0.3, -0.25) is 14.1 Å². The number of phenolic OH excluding ortho intramolecular Hbond substituents is 1. The van der Waals surface area contributed by atoms with Crippen LogP contribution < -0.4 is 0 Å². The molecule has 0 saturated carbocycles. The first-order valence-corrected chi connectivity index (χ1v) is 8.11. The Morgan fingerprint density at radius 3 is 2.13 bits per heavy atom. The van der Waals surface area contributed by atoms with Gasteiger partial charge >= 0.3 is 0 Å². The molecule has 0 radical (unpaired) electrons. The molecule has 0 bridgehead atoms. The number of aryl methyl sites for hydroxylation is 1. The molecule has 0 aliphatic heterocycles. The number of fused-ring (bicyclic) bond motifs is 2. The Kier molecular flexibility index (Phi) is 3.17. The molecule has 0 fully saturated rings. The van der Waals surface area contributed by atoms with E-state index < -0.39 is 32.3 Å². The summed E-state index contributed by atoms with van der Waals surface area (Å²) in [6.07, 6.45) is 0. The van der Waals surface area contributed by atoms with Crippen LogP contribution in [0.5, 0.6) is 5.75 Å². The van der Waals surface area contributed by atoms with Crippen molar-refractivity contribution in [2.45, 2.75) is 18.7 Å². The number of hydrogen-bond acceptors (Lipinski definition) is 5. The molecule has 7 heteroatoms. The zero-order chi connectivity index (χ0) is 17.1. The second-order valence-electron chi connectivity index (χ2n) is 5.45. The third-order valence-electron chi connectivity index (χ3n) is 3.91. The van der Waals surface area contributed by atoms with Gasteiger partial charge in [-0.2, -0.15) is 8.42 Å². The van der Waals surface area contributed by atoms with E-state index in [1.807, 2.05) is 0 Å². The molecule has 0 amide bonds. The van der Waals surface area contributed by atoms with Gasteiger partial charge in [0.15, 0.2) is 11.6 Å². The monoisotopic (exact) mass is 332 g/mol. The highest BCUT2D eigenvalue weighted by Crippen LogP contribution is 2.37. The van der Waals surface area contributed by atoms with Crippen LogP contribution >= 0.6 is 0 Å². The van der Waals surface area contributed by atoms with Gasteiger partial charge in [0.05, 0.1) is 5.56 Å². The number of ketones is 2. The Morgan fingerprint density at radius 2 is 1.52 bits per heavy atom. The van der Waals surface area contributed by atoms with Crippen LogP contribution in [-0.2, 0) is 10.1 Å². The van der Waals surface area contributed by atoms with Crippen LogP contribution in [0.2, 0.25) is 0 Å². The summed E-state index contributed by atoms with van der Waals surface area (Å²) >= 11 is 0. The van der Waals surface area contributed by atoms with Crippen molar-refractivity contribution in [1.29, 1.82) is 0 Å². The summed E-state index contributed by atoms with van der Waals surface area (Å²) < 4.78 is 32.1. The van der Waals surface area contributed by atoms with Gasteiger partial charge in [-0.15, -0.1) is 0 Å². The summed E-state index contributed by atoms with van der Waals surface area (Å²) in [6.45, 7) is 3.08. The average molecular weight is 332 g/mol. The highest BCUT2D eigenvalue weighted by molar-refractivity contribution is 7.85. The van der Waals surface area contributed by atoms with Crippen LogP contribution in [0.15, 0.2) is 29.2 Å². The van der Waals surface area contributed by atoms with Crippen LogP contribution in [-0.4, -0.2) is 29.6 Å². The maximum atomic E-state index is 12.7. The third kappa shape index (κ3) is 2.16. The summed E-state index contributed by atoms with van der Waals surface area (Å²) in [5.74, 6) is -1.77. The Bertz CT molecular complexity index is 1000. The van der Waals surface area contributed by atoms with Crippen molar-refractivity contribution in [3.8, 4) is 5.75 Å². The molecule has 6 nitrogen and oxygen atoms in total. The van der Waals surface area contributed by atoms with Crippen molar-refractivity contribution in [3.63, 3.8) is 0 Å². The molecule has 23 heavy (non-hydrogen) atoms. The highest BCUT2D eigenvalue weighted by Gasteiger charge is 2.35. The fraction of sp³-hybridized carbons (Fsp3) is 0.125. The number of hydrogen-bond donors (Lipinski definition) is 2.